The molecule has 0 atom stereocenters. The first-order chi connectivity index (χ1) is 19.4. The molecule has 0 amide bonds. The number of rotatable bonds is 17. The Kier molecular flexibility index (Phi) is 14.1. The van der Waals surface area contributed by atoms with E-state index in [1.807, 2.05) is 0 Å². The average molecular weight is 559 g/mol. The lowest BCUT2D eigenvalue weighted by atomic mass is 10.1. The third-order valence-electron chi connectivity index (χ3n) is 5.54. The van der Waals surface area contributed by atoms with Crippen molar-refractivity contribution in [2.75, 3.05) is 39.6 Å². The molecule has 218 valence electrons. The molecule has 2 aromatic carbocycles. The molecule has 10 heteroatoms. The highest BCUT2D eigenvalue weighted by Gasteiger charge is 2.21. The van der Waals surface area contributed by atoms with Crippen LogP contribution >= 0.6 is 0 Å². The van der Waals surface area contributed by atoms with Crippen LogP contribution in [0, 0.1) is 0 Å². The molecular formula is C30H38O10. The maximum absolute atomic E-state index is 12.3. The average Bonchev–Trinajstić information content (AvgIpc) is 2.94. The van der Waals surface area contributed by atoms with Crippen LogP contribution < -0.4 is 9.47 Å². The van der Waals surface area contributed by atoms with Gasteiger partial charge < -0.3 is 28.4 Å². The van der Waals surface area contributed by atoms with Crippen LogP contribution in [0.4, 0.5) is 0 Å². The lowest BCUT2D eigenvalue weighted by Crippen LogP contribution is -2.14. The van der Waals surface area contributed by atoms with Crippen molar-refractivity contribution in [3.8, 4) is 11.5 Å². The van der Waals surface area contributed by atoms with Gasteiger partial charge in [0.1, 0.15) is 11.5 Å². The summed E-state index contributed by atoms with van der Waals surface area (Å²) >= 11 is 0. The zero-order valence-electron chi connectivity index (χ0n) is 23.6. The van der Waals surface area contributed by atoms with E-state index in [-0.39, 0.29) is 48.7 Å². The monoisotopic (exact) mass is 558 g/mol. The van der Waals surface area contributed by atoms with E-state index in [0.717, 1.165) is 25.7 Å². The Hall–Kier alpha value is -4.08. The fourth-order valence-corrected chi connectivity index (χ4v) is 3.69. The maximum atomic E-state index is 12.3. The van der Waals surface area contributed by atoms with Crippen molar-refractivity contribution < 1.29 is 47.6 Å². The minimum absolute atomic E-state index is 0.108. The fourth-order valence-electron chi connectivity index (χ4n) is 3.69. The van der Waals surface area contributed by atoms with Gasteiger partial charge in [0.2, 0.25) is 0 Å². The van der Waals surface area contributed by atoms with E-state index in [9.17, 15) is 19.2 Å². The van der Waals surface area contributed by atoms with Gasteiger partial charge in [-0.15, -0.1) is 0 Å². The third-order valence-corrected chi connectivity index (χ3v) is 5.54. The first kappa shape index (κ1) is 32.1. The van der Waals surface area contributed by atoms with Crippen LogP contribution in [0.25, 0.3) is 0 Å². The van der Waals surface area contributed by atoms with Crippen LogP contribution in [0.15, 0.2) is 36.4 Å². The Morgan fingerprint density at radius 1 is 0.475 bits per heavy atom. The smallest absolute Gasteiger partial charge is 0.339 e. The van der Waals surface area contributed by atoms with Gasteiger partial charge >= 0.3 is 23.9 Å². The van der Waals surface area contributed by atoms with Gasteiger partial charge in [0.05, 0.1) is 61.9 Å². The summed E-state index contributed by atoms with van der Waals surface area (Å²) in [5.41, 5.74) is 0.489. The molecule has 0 aliphatic carbocycles. The van der Waals surface area contributed by atoms with Crippen molar-refractivity contribution in [3.63, 3.8) is 0 Å². The molecule has 0 saturated heterocycles. The molecule has 0 heterocycles. The van der Waals surface area contributed by atoms with Crippen LogP contribution in [0.1, 0.15) is 94.8 Å². The SMILES string of the molecule is CCOC(=O)c1ccc(OCCCCCCOc2ccc(C(=O)OCC)c(C(=O)OCC)c2)cc1C(=O)OCC. The summed E-state index contributed by atoms with van der Waals surface area (Å²) in [4.78, 5) is 49.0. The predicted molar refractivity (Wildman–Crippen MR) is 146 cm³/mol. The molecule has 0 aliphatic rings. The molecule has 40 heavy (non-hydrogen) atoms. The zero-order valence-corrected chi connectivity index (χ0v) is 23.6. The van der Waals surface area contributed by atoms with Crippen molar-refractivity contribution in [1.29, 1.82) is 0 Å². The lowest BCUT2D eigenvalue weighted by molar-refractivity contribution is 0.0478. The molecule has 0 N–H and O–H groups in total. The van der Waals surface area contributed by atoms with Gasteiger partial charge in [-0.3, -0.25) is 0 Å². The molecule has 2 rings (SSSR count). The number of hydrogen-bond acceptors (Lipinski definition) is 10. The second-order valence-corrected chi connectivity index (χ2v) is 8.41. The molecular weight excluding hydrogens is 520 g/mol. The summed E-state index contributed by atoms with van der Waals surface area (Å²) in [6.45, 7) is 8.38. The third kappa shape index (κ3) is 9.91. The summed E-state index contributed by atoms with van der Waals surface area (Å²) in [6.07, 6.45) is 3.31. The number of unbranched alkanes of at least 4 members (excludes halogenated alkanes) is 3. The first-order valence-electron chi connectivity index (χ1n) is 13.6. The van der Waals surface area contributed by atoms with Gasteiger partial charge in [-0.1, -0.05) is 0 Å². The zero-order chi connectivity index (χ0) is 29.3. The summed E-state index contributed by atoms with van der Waals surface area (Å²) in [6, 6.07) is 9.25. The van der Waals surface area contributed by atoms with E-state index < -0.39 is 23.9 Å². The van der Waals surface area contributed by atoms with Crippen molar-refractivity contribution in [2.45, 2.75) is 53.4 Å². The Bertz CT molecular complexity index is 1050. The van der Waals surface area contributed by atoms with Crippen LogP contribution in [-0.4, -0.2) is 63.5 Å². The number of carbonyl (C=O) groups excluding carboxylic acids is 4. The Morgan fingerprint density at radius 3 is 1.12 bits per heavy atom. The van der Waals surface area contributed by atoms with E-state index >= 15 is 0 Å². The normalized spacial score (nSPS) is 10.4. The molecule has 0 aromatic heterocycles. The topological polar surface area (TPSA) is 124 Å². The van der Waals surface area contributed by atoms with Gasteiger partial charge in [-0.25, -0.2) is 19.2 Å². The second-order valence-electron chi connectivity index (χ2n) is 8.41. The Morgan fingerprint density at radius 2 is 0.800 bits per heavy atom. The molecule has 0 unspecified atom stereocenters. The van der Waals surface area contributed by atoms with Gasteiger partial charge in [-0.05, 0) is 89.8 Å². The number of carbonyl (C=O) groups is 4. The first-order valence-corrected chi connectivity index (χ1v) is 13.6. The number of benzene rings is 2. The quantitative estimate of drug-likeness (QED) is 0.141. The van der Waals surface area contributed by atoms with Crippen molar-refractivity contribution in [1.82, 2.24) is 0 Å². The van der Waals surface area contributed by atoms with Crippen molar-refractivity contribution in [2.24, 2.45) is 0 Å². The molecule has 0 spiro atoms. The highest BCUT2D eigenvalue weighted by molar-refractivity contribution is 6.04. The molecule has 0 radical (unpaired) electrons. The van der Waals surface area contributed by atoms with Crippen LogP contribution in [0.5, 0.6) is 11.5 Å². The minimum atomic E-state index is -0.610. The largest absolute Gasteiger partial charge is 0.494 e. The second kappa shape index (κ2) is 17.5. The van der Waals surface area contributed by atoms with Crippen LogP contribution in [-0.2, 0) is 18.9 Å². The summed E-state index contributed by atoms with van der Waals surface area (Å²) in [5.74, 6) is -1.48. The van der Waals surface area contributed by atoms with E-state index in [1.165, 1.54) is 24.3 Å². The summed E-state index contributed by atoms with van der Waals surface area (Å²) in [5, 5.41) is 0. The summed E-state index contributed by atoms with van der Waals surface area (Å²) in [7, 11) is 0. The Balaban J connectivity index is 1.82. The van der Waals surface area contributed by atoms with E-state index in [0.29, 0.717) is 24.7 Å². The van der Waals surface area contributed by atoms with E-state index in [1.54, 1.807) is 39.8 Å². The maximum Gasteiger partial charge on any atom is 0.339 e. The lowest BCUT2D eigenvalue weighted by Gasteiger charge is -2.12. The molecule has 2 aromatic rings. The molecule has 0 fully saturated rings. The predicted octanol–water partition coefficient (Wildman–Crippen LogP) is 5.41. The molecule has 10 nitrogen and oxygen atoms in total. The van der Waals surface area contributed by atoms with E-state index in [2.05, 4.69) is 0 Å². The van der Waals surface area contributed by atoms with Crippen LogP contribution in [0.3, 0.4) is 0 Å². The van der Waals surface area contributed by atoms with Gasteiger partial charge in [0, 0.05) is 0 Å². The van der Waals surface area contributed by atoms with Gasteiger partial charge in [-0.2, -0.15) is 0 Å². The van der Waals surface area contributed by atoms with Crippen LogP contribution in [0.2, 0.25) is 0 Å². The highest BCUT2D eigenvalue weighted by Crippen LogP contribution is 2.22. The number of hydrogen-bond donors (Lipinski definition) is 0. The standard InChI is InChI=1S/C30H38O10/c1-5-35-27(31)23-15-13-21(19-25(23)29(33)37-7-3)39-17-11-9-10-12-18-40-22-14-16-24(28(32)36-6-2)26(20-22)30(34)38-8-4/h13-16,19-20H,5-12,17-18H2,1-4H3. The minimum Gasteiger partial charge on any atom is -0.494 e. The van der Waals surface area contributed by atoms with Crippen molar-refractivity contribution in [3.05, 3.63) is 58.7 Å². The van der Waals surface area contributed by atoms with Gasteiger partial charge in [0.15, 0.2) is 0 Å². The fraction of sp³-hybridized carbons (Fsp3) is 0.467. The molecule has 0 bridgehead atoms. The highest BCUT2D eigenvalue weighted by atomic mass is 16.5. The van der Waals surface area contributed by atoms with Gasteiger partial charge in [0.25, 0.3) is 0 Å². The van der Waals surface area contributed by atoms with Crippen molar-refractivity contribution >= 4 is 23.9 Å². The van der Waals surface area contributed by atoms with E-state index in [4.69, 9.17) is 28.4 Å². The number of ether oxygens (including phenoxy) is 6. The summed E-state index contributed by atoms with van der Waals surface area (Å²) < 4.78 is 31.7. The molecule has 0 saturated carbocycles. The number of esters is 4. The Labute approximate surface area is 234 Å². The molecule has 0 aliphatic heterocycles.